The average Bonchev–Trinajstić information content (AvgIpc) is 2.53. The number of nitrogens with zero attached hydrogens (tertiary/aromatic N) is 2. The molecule has 4 nitrogen and oxygen atoms in total. The molecule has 6 heteroatoms. The fraction of sp³-hybridized carbons (Fsp3) is 0.438. The monoisotopic (exact) mass is 322 g/mol. The van der Waals surface area contributed by atoms with Gasteiger partial charge in [0.25, 0.3) is 0 Å². The second-order valence-corrected chi connectivity index (χ2v) is 6.14. The SMILES string of the molecule is COC(=O)C1C(c2ccc(F)cc2)=NC(SC)N=C1C(C)C. The number of hydrogen-bond acceptors (Lipinski definition) is 5. The summed E-state index contributed by atoms with van der Waals surface area (Å²) >= 11 is 1.49. The van der Waals surface area contributed by atoms with Crippen molar-refractivity contribution < 1.29 is 13.9 Å². The zero-order valence-electron chi connectivity index (χ0n) is 13.0. The van der Waals surface area contributed by atoms with E-state index in [4.69, 9.17) is 4.74 Å². The van der Waals surface area contributed by atoms with Crippen molar-refractivity contribution in [2.24, 2.45) is 21.8 Å². The Hall–Kier alpha value is -1.69. The van der Waals surface area contributed by atoms with Crippen molar-refractivity contribution in [1.82, 2.24) is 0 Å². The number of hydrogen-bond donors (Lipinski definition) is 0. The van der Waals surface area contributed by atoms with E-state index in [0.29, 0.717) is 11.3 Å². The lowest BCUT2D eigenvalue weighted by molar-refractivity contribution is -0.141. The molecule has 0 bridgehead atoms. The molecule has 1 heterocycles. The van der Waals surface area contributed by atoms with Gasteiger partial charge in [0.05, 0.1) is 12.8 Å². The van der Waals surface area contributed by atoms with Gasteiger partial charge in [-0.25, -0.2) is 4.39 Å². The van der Waals surface area contributed by atoms with Crippen LogP contribution in [-0.4, -0.2) is 36.3 Å². The van der Waals surface area contributed by atoms with E-state index in [1.165, 1.54) is 31.0 Å². The number of aliphatic imine (C=N–C) groups is 2. The highest BCUT2D eigenvalue weighted by atomic mass is 32.2. The first kappa shape index (κ1) is 16.7. The topological polar surface area (TPSA) is 51.0 Å². The minimum absolute atomic E-state index is 0.0877. The summed E-state index contributed by atoms with van der Waals surface area (Å²) in [6.07, 6.45) is 1.91. The van der Waals surface area contributed by atoms with Crippen LogP contribution in [-0.2, 0) is 9.53 Å². The lowest BCUT2D eigenvalue weighted by atomic mass is 9.86. The molecule has 0 N–H and O–H groups in total. The molecule has 1 aliphatic heterocycles. The summed E-state index contributed by atoms with van der Waals surface area (Å²) in [5, 5.41) is 0. The van der Waals surface area contributed by atoms with Crippen molar-refractivity contribution in [3.05, 3.63) is 35.6 Å². The van der Waals surface area contributed by atoms with E-state index in [2.05, 4.69) is 9.98 Å². The van der Waals surface area contributed by atoms with Crippen LogP contribution in [0.2, 0.25) is 0 Å². The highest BCUT2D eigenvalue weighted by Gasteiger charge is 2.36. The molecule has 0 aliphatic carbocycles. The normalized spacial score (nSPS) is 21.4. The summed E-state index contributed by atoms with van der Waals surface area (Å²) in [5.74, 6) is -1.27. The first-order valence-corrected chi connectivity index (χ1v) is 8.28. The van der Waals surface area contributed by atoms with Gasteiger partial charge >= 0.3 is 5.97 Å². The maximum Gasteiger partial charge on any atom is 0.320 e. The Morgan fingerprint density at radius 3 is 2.41 bits per heavy atom. The molecule has 0 saturated carbocycles. The number of esters is 1. The quantitative estimate of drug-likeness (QED) is 0.800. The first-order valence-electron chi connectivity index (χ1n) is 6.99. The number of halogens is 1. The van der Waals surface area contributed by atoms with Crippen LogP contribution in [0.4, 0.5) is 4.39 Å². The van der Waals surface area contributed by atoms with Gasteiger partial charge in [-0.2, -0.15) is 0 Å². The van der Waals surface area contributed by atoms with E-state index in [0.717, 1.165) is 5.71 Å². The second-order valence-electron chi connectivity index (χ2n) is 5.25. The number of carbonyl (C=O) groups excluding carboxylic acids is 1. The van der Waals surface area contributed by atoms with E-state index in [1.54, 1.807) is 12.1 Å². The van der Waals surface area contributed by atoms with Crippen LogP contribution >= 0.6 is 11.8 Å². The minimum atomic E-state index is -0.640. The van der Waals surface area contributed by atoms with Crippen LogP contribution in [0, 0.1) is 17.7 Å². The number of methoxy groups -OCH3 is 1. The minimum Gasteiger partial charge on any atom is -0.468 e. The molecule has 0 fully saturated rings. The standard InChI is InChI=1S/C16H19FN2O2S/c1-9(2)13-12(15(20)21-3)14(19-16(18-13)22-4)10-5-7-11(17)8-6-10/h5-9,12,16H,1-4H3. The van der Waals surface area contributed by atoms with Crippen molar-refractivity contribution in [2.75, 3.05) is 13.4 Å². The largest absolute Gasteiger partial charge is 0.468 e. The Bertz CT molecular complexity index is 611. The Morgan fingerprint density at radius 2 is 1.91 bits per heavy atom. The van der Waals surface area contributed by atoms with Crippen molar-refractivity contribution in [3.63, 3.8) is 0 Å². The van der Waals surface area contributed by atoms with Crippen molar-refractivity contribution in [2.45, 2.75) is 19.3 Å². The summed E-state index contributed by atoms with van der Waals surface area (Å²) in [5.41, 5.74) is 1.76. The van der Waals surface area contributed by atoms with Crippen molar-refractivity contribution >= 4 is 29.2 Å². The van der Waals surface area contributed by atoms with Crippen LogP contribution in [0.5, 0.6) is 0 Å². The molecule has 0 aromatic heterocycles. The smallest absolute Gasteiger partial charge is 0.320 e. The van der Waals surface area contributed by atoms with Gasteiger partial charge < -0.3 is 4.74 Å². The van der Waals surface area contributed by atoms with Crippen LogP contribution < -0.4 is 0 Å². The molecule has 0 saturated heterocycles. The van der Waals surface area contributed by atoms with E-state index in [1.807, 2.05) is 20.1 Å². The third kappa shape index (κ3) is 3.38. The van der Waals surface area contributed by atoms with Crippen LogP contribution in [0.1, 0.15) is 19.4 Å². The zero-order valence-corrected chi connectivity index (χ0v) is 13.9. The van der Waals surface area contributed by atoms with E-state index < -0.39 is 11.9 Å². The van der Waals surface area contributed by atoms with E-state index >= 15 is 0 Å². The van der Waals surface area contributed by atoms with E-state index in [9.17, 15) is 9.18 Å². The average molecular weight is 322 g/mol. The van der Waals surface area contributed by atoms with Gasteiger partial charge in [-0.1, -0.05) is 26.0 Å². The molecule has 1 aromatic carbocycles. The molecule has 1 aromatic rings. The molecular formula is C16H19FN2O2S. The Labute approximate surface area is 133 Å². The highest BCUT2D eigenvalue weighted by molar-refractivity contribution is 7.99. The maximum atomic E-state index is 13.2. The molecule has 118 valence electrons. The Kier molecular flexibility index (Phi) is 5.34. The van der Waals surface area contributed by atoms with Crippen molar-refractivity contribution in [3.8, 4) is 0 Å². The molecule has 2 rings (SSSR count). The van der Waals surface area contributed by atoms with Crippen LogP contribution in [0.25, 0.3) is 0 Å². The van der Waals surface area contributed by atoms with Gasteiger partial charge in [0, 0.05) is 5.71 Å². The molecule has 0 radical (unpaired) electrons. The molecule has 2 atom stereocenters. The summed E-state index contributed by atoms with van der Waals surface area (Å²) in [7, 11) is 1.35. The number of benzene rings is 1. The first-order chi connectivity index (χ1) is 10.5. The molecule has 1 aliphatic rings. The summed E-state index contributed by atoms with van der Waals surface area (Å²) < 4.78 is 18.1. The van der Waals surface area contributed by atoms with E-state index in [-0.39, 0.29) is 17.2 Å². The van der Waals surface area contributed by atoms with Gasteiger partial charge in [0.15, 0.2) is 5.50 Å². The van der Waals surface area contributed by atoms with Crippen LogP contribution in [0.15, 0.2) is 34.3 Å². The predicted molar refractivity (Wildman–Crippen MR) is 88.0 cm³/mol. The highest BCUT2D eigenvalue weighted by Crippen LogP contribution is 2.27. The molecule has 0 spiro atoms. The second kappa shape index (κ2) is 7.05. The fourth-order valence-electron chi connectivity index (χ4n) is 2.36. The number of thioether (sulfide) groups is 1. The molecule has 22 heavy (non-hydrogen) atoms. The fourth-order valence-corrected chi connectivity index (χ4v) is 2.81. The zero-order chi connectivity index (χ0) is 16.3. The van der Waals surface area contributed by atoms with Crippen molar-refractivity contribution in [1.29, 1.82) is 0 Å². The lowest BCUT2D eigenvalue weighted by Crippen LogP contribution is -2.39. The van der Waals surface area contributed by atoms with Crippen LogP contribution in [0.3, 0.4) is 0 Å². The Balaban J connectivity index is 2.53. The molecule has 0 amide bonds. The maximum absolute atomic E-state index is 13.2. The van der Waals surface area contributed by atoms with Gasteiger partial charge in [0.2, 0.25) is 0 Å². The summed E-state index contributed by atoms with van der Waals surface area (Å²) in [4.78, 5) is 21.4. The predicted octanol–water partition coefficient (Wildman–Crippen LogP) is 3.16. The summed E-state index contributed by atoms with van der Waals surface area (Å²) in [6, 6.07) is 5.98. The number of carbonyl (C=O) groups is 1. The number of rotatable bonds is 4. The lowest BCUT2D eigenvalue weighted by Gasteiger charge is -2.27. The third-order valence-corrected chi connectivity index (χ3v) is 4.09. The summed E-state index contributed by atoms with van der Waals surface area (Å²) in [6.45, 7) is 3.97. The molecule has 2 unspecified atom stereocenters. The number of ether oxygens (including phenoxy) is 1. The Morgan fingerprint density at radius 1 is 1.27 bits per heavy atom. The van der Waals surface area contributed by atoms with Gasteiger partial charge in [-0.05, 0) is 29.9 Å². The molecular weight excluding hydrogens is 303 g/mol. The van der Waals surface area contributed by atoms with Gasteiger partial charge in [0.1, 0.15) is 11.7 Å². The van der Waals surface area contributed by atoms with Gasteiger partial charge in [-0.3, -0.25) is 14.8 Å². The third-order valence-electron chi connectivity index (χ3n) is 3.46. The van der Waals surface area contributed by atoms with Gasteiger partial charge in [-0.15, -0.1) is 11.8 Å².